The van der Waals surface area contributed by atoms with Crippen LogP contribution in [0.4, 0.5) is 10.5 Å². The average Bonchev–Trinajstić information content (AvgIpc) is 3.06. The number of anilines is 1. The summed E-state index contributed by atoms with van der Waals surface area (Å²) < 4.78 is 0.822. The molecule has 4 rings (SSSR count). The van der Waals surface area contributed by atoms with E-state index in [4.69, 9.17) is 0 Å². The molecule has 0 saturated carbocycles. The molecule has 2 amide bonds. The predicted octanol–water partition coefficient (Wildman–Crippen LogP) is 3.20. The number of benzene rings is 1. The number of carbonyl (C=O) groups is 1. The van der Waals surface area contributed by atoms with Gasteiger partial charge >= 0.3 is 6.03 Å². The SMILES string of the molecule is C=C1N(c2ccc(C#N)c3sc(C)nc23)C(=O)N2CCCCN12. The number of fused-ring (bicyclic) bond motifs is 2. The van der Waals surface area contributed by atoms with Gasteiger partial charge < -0.3 is 0 Å². The third kappa shape index (κ3) is 1.92. The molecule has 0 aliphatic carbocycles. The van der Waals surface area contributed by atoms with Gasteiger partial charge in [0.1, 0.15) is 17.4 Å². The second kappa shape index (κ2) is 4.96. The number of carbonyl (C=O) groups excluding carboxylic acids is 1. The van der Waals surface area contributed by atoms with Gasteiger partial charge in [-0.3, -0.25) is 5.01 Å². The van der Waals surface area contributed by atoms with Crippen molar-refractivity contribution in [2.24, 2.45) is 0 Å². The van der Waals surface area contributed by atoms with Crippen LogP contribution in [-0.2, 0) is 0 Å². The van der Waals surface area contributed by atoms with Crippen LogP contribution >= 0.6 is 11.3 Å². The Bertz CT molecular complexity index is 856. The van der Waals surface area contributed by atoms with Gasteiger partial charge in [0.05, 0.1) is 21.0 Å². The van der Waals surface area contributed by atoms with E-state index >= 15 is 0 Å². The standard InChI is InChI=1S/C16H15N5OS/c1-10-18-14-13(6-5-12(9-17)15(14)23-10)21-11(2)19-7-3-4-8-20(19)16(21)22/h5-6H,2-4,7-8H2,1H3. The lowest BCUT2D eigenvalue weighted by atomic mass is 10.2. The number of aryl methyl sites for hydroxylation is 1. The molecular weight excluding hydrogens is 310 g/mol. The summed E-state index contributed by atoms with van der Waals surface area (Å²) in [5.41, 5.74) is 1.99. The predicted molar refractivity (Wildman–Crippen MR) is 88.7 cm³/mol. The van der Waals surface area contributed by atoms with Crippen LogP contribution in [0.5, 0.6) is 0 Å². The Hall–Kier alpha value is -2.59. The van der Waals surface area contributed by atoms with Gasteiger partial charge in [0.15, 0.2) is 0 Å². The van der Waals surface area contributed by atoms with Gasteiger partial charge in [0.25, 0.3) is 0 Å². The van der Waals surface area contributed by atoms with Crippen LogP contribution in [0.3, 0.4) is 0 Å². The van der Waals surface area contributed by atoms with Crippen molar-refractivity contribution in [2.45, 2.75) is 19.8 Å². The Balaban J connectivity index is 1.88. The zero-order valence-corrected chi connectivity index (χ0v) is 13.6. The lowest BCUT2D eigenvalue weighted by molar-refractivity contribution is 0.0500. The molecule has 2 aromatic rings. The maximum absolute atomic E-state index is 12.8. The Morgan fingerprint density at radius 2 is 2.04 bits per heavy atom. The van der Waals surface area contributed by atoms with E-state index in [9.17, 15) is 10.1 Å². The summed E-state index contributed by atoms with van der Waals surface area (Å²) in [5.74, 6) is 0.659. The van der Waals surface area contributed by atoms with Crippen molar-refractivity contribution in [1.82, 2.24) is 15.0 Å². The molecule has 2 aliphatic heterocycles. The Morgan fingerprint density at radius 1 is 1.30 bits per heavy atom. The second-order valence-corrected chi connectivity index (χ2v) is 6.85. The number of rotatable bonds is 1. The number of nitriles is 1. The second-order valence-electron chi connectivity index (χ2n) is 5.64. The Morgan fingerprint density at radius 3 is 2.74 bits per heavy atom. The van der Waals surface area contributed by atoms with Gasteiger partial charge in [-0.2, -0.15) is 5.26 Å². The number of aromatic nitrogens is 1. The highest BCUT2D eigenvalue weighted by atomic mass is 32.1. The van der Waals surface area contributed by atoms with E-state index in [0.717, 1.165) is 29.1 Å². The third-order valence-electron chi connectivity index (χ3n) is 4.24. The molecular formula is C16H15N5OS. The largest absolute Gasteiger partial charge is 0.349 e. The van der Waals surface area contributed by atoms with E-state index in [1.54, 1.807) is 22.0 Å². The number of thiazole rings is 1. The first-order chi connectivity index (χ1) is 11.1. The van der Waals surface area contributed by atoms with Crippen molar-refractivity contribution in [2.75, 3.05) is 18.0 Å². The first kappa shape index (κ1) is 14.0. The fourth-order valence-corrected chi connectivity index (χ4v) is 4.09. The monoisotopic (exact) mass is 325 g/mol. The summed E-state index contributed by atoms with van der Waals surface area (Å²) in [6.07, 6.45) is 2.05. The highest BCUT2D eigenvalue weighted by molar-refractivity contribution is 7.18. The summed E-state index contributed by atoms with van der Waals surface area (Å²) in [5, 5.41) is 13.8. The number of urea groups is 1. The zero-order valence-electron chi connectivity index (χ0n) is 12.7. The van der Waals surface area contributed by atoms with Gasteiger partial charge in [-0.05, 0) is 31.9 Å². The third-order valence-corrected chi connectivity index (χ3v) is 5.24. The fraction of sp³-hybridized carbons (Fsp3) is 0.312. The zero-order chi connectivity index (χ0) is 16.1. The minimum absolute atomic E-state index is 0.0913. The van der Waals surface area contributed by atoms with E-state index < -0.39 is 0 Å². The summed E-state index contributed by atoms with van der Waals surface area (Å²) in [6.45, 7) is 7.52. The molecule has 0 N–H and O–H groups in total. The van der Waals surface area contributed by atoms with Crippen LogP contribution in [0.2, 0.25) is 0 Å². The first-order valence-corrected chi connectivity index (χ1v) is 8.31. The number of nitrogens with zero attached hydrogens (tertiary/aromatic N) is 5. The molecule has 6 nitrogen and oxygen atoms in total. The summed E-state index contributed by atoms with van der Waals surface area (Å²) in [6, 6.07) is 5.65. The van der Waals surface area contributed by atoms with Crippen LogP contribution in [0.1, 0.15) is 23.4 Å². The molecule has 0 spiro atoms. The molecule has 7 heteroatoms. The van der Waals surface area contributed by atoms with Crippen LogP contribution in [0, 0.1) is 18.3 Å². The molecule has 2 fully saturated rings. The van der Waals surface area contributed by atoms with E-state index in [1.807, 2.05) is 11.9 Å². The van der Waals surface area contributed by atoms with Crippen LogP contribution < -0.4 is 4.90 Å². The first-order valence-electron chi connectivity index (χ1n) is 7.50. The topological polar surface area (TPSA) is 63.5 Å². The minimum atomic E-state index is -0.0913. The van der Waals surface area contributed by atoms with Gasteiger partial charge in [-0.25, -0.2) is 19.7 Å². The normalized spacial score (nSPS) is 17.8. The molecule has 2 saturated heterocycles. The molecule has 0 unspecified atom stereocenters. The number of hydrogen-bond acceptors (Lipinski definition) is 5. The van der Waals surface area contributed by atoms with Crippen LogP contribution in [-0.4, -0.2) is 34.1 Å². The fourth-order valence-electron chi connectivity index (χ4n) is 3.18. The molecule has 0 bridgehead atoms. The van der Waals surface area contributed by atoms with E-state index in [1.165, 1.54) is 11.3 Å². The van der Waals surface area contributed by atoms with Gasteiger partial charge in [-0.1, -0.05) is 6.58 Å². The maximum Gasteiger partial charge on any atom is 0.349 e. The number of hydrogen-bond donors (Lipinski definition) is 0. The number of amides is 2. The van der Waals surface area contributed by atoms with Gasteiger partial charge in [0, 0.05) is 13.1 Å². The van der Waals surface area contributed by atoms with Crippen molar-refractivity contribution < 1.29 is 4.79 Å². The smallest absolute Gasteiger partial charge is 0.266 e. The van der Waals surface area contributed by atoms with Gasteiger partial charge in [0.2, 0.25) is 0 Å². The van der Waals surface area contributed by atoms with Crippen molar-refractivity contribution in [3.05, 3.63) is 35.1 Å². The molecule has 116 valence electrons. The Labute approximate surface area is 137 Å². The summed E-state index contributed by atoms with van der Waals surface area (Å²) in [7, 11) is 0. The Kier molecular flexibility index (Phi) is 3.03. The average molecular weight is 325 g/mol. The van der Waals surface area contributed by atoms with Crippen molar-refractivity contribution in [3.63, 3.8) is 0 Å². The highest BCUT2D eigenvalue weighted by Crippen LogP contribution is 2.38. The van der Waals surface area contributed by atoms with E-state index in [2.05, 4.69) is 17.6 Å². The maximum atomic E-state index is 12.8. The highest BCUT2D eigenvalue weighted by Gasteiger charge is 2.41. The van der Waals surface area contributed by atoms with E-state index in [0.29, 0.717) is 29.1 Å². The molecule has 23 heavy (non-hydrogen) atoms. The quantitative estimate of drug-likeness (QED) is 0.808. The lowest BCUT2D eigenvalue weighted by Gasteiger charge is -2.32. The van der Waals surface area contributed by atoms with Crippen LogP contribution in [0.25, 0.3) is 10.2 Å². The van der Waals surface area contributed by atoms with Crippen LogP contribution in [0.15, 0.2) is 24.5 Å². The minimum Gasteiger partial charge on any atom is -0.266 e. The molecule has 1 aromatic heterocycles. The molecule has 0 atom stereocenters. The molecule has 2 aliphatic rings. The lowest BCUT2D eigenvalue weighted by Crippen LogP contribution is -2.43. The van der Waals surface area contributed by atoms with Crippen molar-refractivity contribution in [3.8, 4) is 6.07 Å². The molecule has 3 heterocycles. The molecule has 0 radical (unpaired) electrons. The summed E-state index contributed by atoms with van der Waals surface area (Å²) >= 11 is 1.48. The van der Waals surface area contributed by atoms with Gasteiger partial charge in [-0.15, -0.1) is 11.3 Å². The number of hydrazine groups is 1. The molecule has 1 aromatic carbocycles. The van der Waals surface area contributed by atoms with Crippen molar-refractivity contribution in [1.29, 1.82) is 5.26 Å². The van der Waals surface area contributed by atoms with Crippen molar-refractivity contribution >= 4 is 33.3 Å². The van der Waals surface area contributed by atoms with E-state index in [-0.39, 0.29) is 6.03 Å². The summed E-state index contributed by atoms with van der Waals surface area (Å²) in [4.78, 5) is 19.0.